The molecule has 5 nitrogen and oxygen atoms in total. The van der Waals surface area contributed by atoms with Crippen molar-refractivity contribution >= 4 is 5.82 Å². The first kappa shape index (κ1) is 17.4. The molecule has 2 heterocycles. The standard InChI is InChI=1S/C22H23N3O2/c23-22-11-4-6-17(25-22)12-16-14-24-15-21(16)27-20-10-5-9-19(13-20)26-18-7-2-1-3-8-18/h1-11,13,16,21,24H,12,14-15H2,(H2,23,25)/t16-,21+/m1/s1. The van der Waals surface area contributed by atoms with Crippen LogP contribution in [0, 0.1) is 5.92 Å². The molecule has 0 bridgehead atoms. The highest BCUT2D eigenvalue weighted by Gasteiger charge is 2.29. The second kappa shape index (κ2) is 8.10. The van der Waals surface area contributed by atoms with E-state index in [1.165, 1.54) is 0 Å². The van der Waals surface area contributed by atoms with Gasteiger partial charge in [-0.05, 0) is 42.8 Å². The van der Waals surface area contributed by atoms with Gasteiger partial charge in [-0.3, -0.25) is 0 Å². The van der Waals surface area contributed by atoms with Gasteiger partial charge in [-0.25, -0.2) is 4.98 Å². The second-order valence-electron chi connectivity index (χ2n) is 6.72. The van der Waals surface area contributed by atoms with Gasteiger partial charge in [0.2, 0.25) is 0 Å². The molecule has 3 N–H and O–H groups in total. The van der Waals surface area contributed by atoms with Crippen LogP contribution in [0.4, 0.5) is 5.82 Å². The molecule has 0 amide bonds. The summed E-state index contributed by atoms with van der Waals surface area (Å²) in [5, 5.41) is 3.42. The fourth-order valence-corrected chi connectivity index (χ4v) is 3.34. The molecule has 1 saturated heterocycles. The number of ether oxygens (including phenoxy) is 2. The van der Waals surface area contributed by atoms with Gasteiger partial charge in [-0.1, -0.05) is 30.3 Å². The first-order valence-electron chi connectivity index (χ1n) is 9.18. The first-order valence-corrected chi connectivity index (χ1v) is 9.18. The van der Waals surface area contributed by atoms with Gasteiger partial charge in [0.15, 0.2) is 0 Å². The molecule has 1 aliphatic rings. The summed E-state index contributed by atoms with van der Waals surface area (Å²) in [5.74, 6) is 3.28. The highest BCUT2D eigenvalue weighted by molar-refractivity contribution is 5.37. The Hall–Kier alpha value is -3.05. The zero-order chi connectivity index (χ0) is 18.5. The first-order chi connectivity index (χ1) is 13.3. The zero-order valence-electron chi connectivity index (χ0n) is 15.0. The van der Waals surface area contributed by atoms with Crippen molar-refractivity contribution < 1.29 is 9.47 Å². The van der Waals surface area contributed by atoms with E-state index in [1.807, 2.05) is 72.8 Å². The van der Waals surface area contributed by atoms with Gasteiger partial charge in [0.25, 0.3) is 0 Å². The number of hydrogen-bond acceptors (Lipinski definition) is 5. The smallest absolute Gasteiger partial charge is 0.131 e. The van der Waals surface area contributed by atoms with Crippen LogP contribution < -0.4 is 20.5 Å². The lowest BCUT2D eigenvalue weighted by atomic mass is 9.99. The van der Waals surface area contributed by atoms with Crippen LogP contribution in [0.2, 0.25) is 0 Å². The number of nitrogen functional groups attached to an aromatic ring is 1. The van der Waals surface area contributed by atoms with Gasteiger partial charge in [0.05, 0.1) is 0 Å². The Kier molecular flexibility index (Phi) is 5.21. The molecular formula is C22H23N3O2. The molecule has 0 spiro atoms. The Morgan fingerprint density at radius 1 is 0.889 bits per heavy atom. The summed E-state index contributed by atoms with van der Waals surface area (Å²) >= 11 is 0. The van der Waals surface area contributed by atoms with E-state index >= 15 is 0 Å². The molecular weight excluding hydrogens is 338 g/mol. The quantitative estimate of drug-likeness (QED) is 0.701. The lowest BCUT2D eigenvalue weighted by Gasteiger charge is -2.20. The number of nitrogens with two attached hydrogens (primary N) is 1. The van der Waals surface area contributed by atoms with Crippen LogP contribution in [0.3, 0.4) is 0 Å². The van der Waals surface area contributed by atoms with E-state index in [0.29, 0.717) is 11.7 Å². The van der Waals surface area contributed by atoms with Crippen LogP contribution in [-0.4, -0.2) is 24.2 Å². The minimum atomic E-state index is 0.0835. The van der Waals surface area contributed by atoms with Crippen molar-refractivity contribution in [2.75, 3.05) is 18.8 Å². The monoisotopic (exact) mass is 361 g/mol. The second-order valence-corrected chi connectivity index (χ2v) is 6.72. The van der Waals surface area contributed by atoms with Gasteiger partial charge < -0.3 is 20.5 Å². The minimum Gasteiger partial charge on any atom is -0.489 e. The molecule has 3 aromatic rings. The van der Waals surface area contributed by atoms with Crippen molar-refractivity contribution in [3.05, 3.63) is 78.5 Å². The van der Waals surface area contributed by atoms with Crippen LogP contribution in [0.15, 0.2) is 72.8 Å². The number of hydrogen-bond donors (Lipinski definition) is 2. The van der Waals surface area contributed by atoms with E-state index in [0.717, 1.165) is 42.5 Å². The lowest BCUT2D eigenvalue weighted by molar-refractivity contribution is 0.172. The normalized spacial score (nSPS) is 19.0. The van der Waals surface area contributed by atoms with Crippen LogP contribution >= 0.6 is 0 Å². The van der Waals surface area contributed by atoms with Gasteiger partial charge in [0.1, 0.15) is 29.2 Å². The fourth-order valence-electron chi connectivity index (χ4n) is 3.34. The predicted molar refractivity (Wildman–Crippen MR) is 106 cm³/mol. The third-order valence-electron chi connectivity index (χ3n) is 4.65. The summed E-state index contributed by atoms with van der Waals surface area (Å²) in [7, 11) is 0. The van der Waals surface area contributed by atoms with E-state index in [9.17, 15) is 0 Å². The van der Waals surface area contributed by atoms with Crippen molar-refractivity contribution in [1.29, 1.82) is 0 Å². The molecule has 4 rings (SSSR count). The highest BCUT2D eigenvalue weighted by atomic mass is 16.5. The third-order valence-corrected chi connectivity index (χ3v) is 4.65. The molecule has 0 radical (unpaired) electrons. The van der Waals surface area contributed by atoms with E-state index in [1.54, 1.807) is 0 Å². The fraction of sp³-hybridized carbons (Fsp3) is 0.227. The summed E-state index contributed by atoms with van der Waals surface area (Å²) in [4.78, 5) is 4.41. The molecule has 1 fully saturated rings. The van der Waals surface area contributed by atoms with Crippen molar-refractivity contribution in [2.45, 2.75) is 12.5 Å². The number of pyridine rings is 1. The molecule has 27 heavy (non-hydrogen) atoms. The Morgan fingerprint density at radius 2 is 1.67 bits per heavy atom. The molecule has 0 unspecified atom stereocenters. The van der Waals surface area contributed by atoms with Crippen molar-refractivity contribution in [3.8, 4) is 17.2 Å². The number of nitrogens with zero attached hydrogens (tertiary/aromatic N) is 1. The molecule has 0 aliphatic carbocycles. The lowest BCUT2D eigenvalue weighted by Crippen LogP contribution is -2.27. The van der Waals surface area contributed by atoms with Crippen molar-refractivity contribution in [1.82, 2.24) is 10.3 Å². The molecule has 0 saturated carbocycles. The molecule has 2 aromatic carbocycles. The topological polar surface area (TPSA) is 69.4 Å². The summed E-state index contributed by atoms with van der Waals surface area (Å²) in [6.45, 7) is 1.72. The minimum absolute atomic E-state index is 0.0835. The largest absolute Gasteiger partial charge is 0.489 e. The van der Waals surface area contributed by atoms with Gasteiger partial charge >= 0.3 is 0 Å². The van der Waals surface area contributed by atoms with Gasteiger partial charge in [0, 0.05) is 30.8 Å². The van der Waals surface area contributed by atoms with E-state index in [-0.39, 0.29) is 6.10 Å². The molecule has 138 valence electrons. The maximum absolute atomic E-state index is 6.27. The number of anilines is 1. The van der Waals surface area contributed by atoms with Gasteiger partial charge in [-0.2, -0.15) is 0 Å². The van der Waals surface area contributed by atoms with Crippen LogP contribution in [0.1, 0.15) is 5.69 Å². The summed E-state index contributed by atoms with van der Waals surface area (Å²) in [6.07, 6.45) is 0.920. The maximum Gasteiger partial charge on any atom is 0.131 e. The Bertz CT molecular complexity index is 885. The van der Waals surface area contributed by atoms with Crippen LogP contribution in [0.5, 0.6) is 17.2 Å². The summed E-state index contributed by atoms with van der Waals surface area (Å²) < 4.78 is 12.2. The number of para-hydroxylation sites is 1. The van der Waals surface area contributed by atoms with E-state index in [4.69, 9.17) is 15.2 Å². The SMILES string of the molecule is Nc1cccc(C[C@@H]2CNC[C@@H]2Oc2cccc(Oc3ccccc3)c2)n1. The van der Waals surface area contributed by atoms with Gasteiger partial charge in [-0.15, -0.1) is 0 Å². The van der Waals surface area contributed by atoms with Crippen LogP contribution in [-0.2, 0) is 6.42 Å². The molecule has 1 aromatic heterocycles. The van der Waals surface area contributed by atoms with E-state index < -0.39 is 0 Å². The molecule has 1 aliphatic heterocycles. The predicted octanol–water partition coefficient (Wildman–Crippen LogP) is 3.67. The van der Waals surface area contributed by atoms with Crippen molar-refractivity contribution in [3.63, 3.8) is 0 Å². The maximum atomic E-state index is 6.27. The average Bonchev–Trinajstić information content (AvgIpc) is 3.09. The molecule has 2 atom stereocenters. The third kappa shape index (κ3) is 4.57. The highest BCUT2D eigenvalue weighted by Crippen LogP contribution is 2.27. The summed E-state index contributed by atoms with van der Waals surface area (Å²) in [5.41, 5.74) is 6.80. The molecule has 5 heteroatoms. The Balaban J connectivity index is 1.42. The average molecular weight is 361 g/mol. The Morgan fingerprint density at radius 3 is 2.52 bits per heavy atom. The zero-order valence-corrected chi connectivity index (χ0v) is 15.0. The number of aromatic nitrogens is 1. The van der Waals surface area contributed by atoms with Crippen molar-refractivity contribution in [2.24, 2.45) is 5.92 Å². The summed E-state index contributed by atoms with van der Waals surface area (Å²) in [6, 6.07) is 23.3. The number of nitrogens with one attached hydrogen (secondary N) is 1. The number of benzene rings is 2. The Labute approximate surface area is 159 Å². The van der Waals surface area contributed by atoms with E-state index in [2.05, 4.69) is 10.3 Å². The van der Waals surface area contributed by atoms with Crippen LogP contribution in [0.25, 0.3) is 0 Å². The number of rotatable bonds is 6.